The normalized spacial score (nSPS) is 17.7. The van der Waals surface area contributed by atoms with Crippen LogP contribution in [0.2, 0.25) is 0 Å². The lowest BCUT2D eigenvalue weighted by Gasteiger charge is -2.10. The van der Waals surface area contributed by atoms with Gasteiger partial charge < -0.3 is 0 Å². The summed E-state index contributed by atoms with van der Waals surface area (Å²) in [5, 5.41) is 0. The first-order chi connectivity index (χ1) is 4.43. The molecule has 0 bridgehead atoms. The first-order valence-electron chi connectivity index (χ1n) is 3.76. The monoisotopic (exact) mass is 122 g/mol. The first-order valence-corrected chi connectivity index (χ1v) is 3.76. The van der Waals surface area contributed by atoms with Crippen LogP contribution >= 0.6 is 0 Å². The van der Waals surface area contributed by atoms with E-state index in [2.05, 4.69) is 25.2 Å². The summed E-state index contributed by atoms with van der Waals surface area (Å²) in [6.07, 6.45) is 11.9. The molecule has 0 nitrogen and oxygen atoms in total. The minimum Gasteiger partial charge on any atom is -0.0885 e. The maximum Gasteiger partial charge on any atom is -0.0139 e. The third kappa shape index (κ3) is 2.05. The van der Waals surface area contributed by atoms with Crippen molar-refractivity contribution in [3.8, 4) is 0 Å². The zero-order valence-electron chi connectivity index (χ0n) is 6.06. The molecular weight excluding hydrogens is 108 g/mol. The molecule has 0 fully saturated rings. The smallest absolute Gasteiger partial charge is 0.0139 e. The molecular formula is C9H14. The van der Waals surface area contributed by atoms with Gasteiger partial charge in [0.2, 0.25) is 0 Å². The maximum atomic E-state index is 2.33. The van der Waals surface area contributed by atoms with E-state index in [0.717, 1.165) is 0 Å². The summed E-state index contributed by atoms with van der Waals surface area (Å²) in [7, 11) is 0. The molecule has 0 unspecified atom stereocenters. The third-order valence-corrected chi connectivity index (χ3v) is 1.68. The lowest BCUT2D eigenvalue weighted by Crippen LogP contribution is -1.90. The Labute approximate surface area is 57.3 Å². The summed E-state index contributed by atoms with van der Waals surface area (Å²) in [6, 6.07) is 0. The van der Waals surface area contributed by atoms with E-state index in [1.807, 2.05) is 0 Å². The van der Waals surface area contributed by atoms with Crippen LogP contribution in [0, 0.1) is 0 Å². The Balaban J connectivity index is 2.11. The predicted octanol–water partition coefficient (Wildman–Crippen LogP) is 3.06. The molecule has 0 saturated carbocycles. The minimum atomic E-state index is 1.17. The van der Waals surface area contributed by atoms with Gasteiger partial charge in [-0.25, -0.2) is 0 Å². The number of hydrogen-bond acceptors (Lipinski definition) is 0. The Morgan fingerprint density at radius 2 is 2.33 bits per heavy atom. The van der Waals surface area contributed by atoms with Crippen LogP contribution in [0.4, 0.5) is 0 Å². The molecule has 0 radical (unpaired) electrons. The lowest BCUT2D eigenvalue weighted by molar-refractivity contribution is 0.839. The highest BCUT2D eigenvalue weighted by Gasteiger charge is 2.01. The van der Waals surface area contributed by atoms with Crippen LogP contribution < -0.4 is 0 Å². The van der Waals surface area contributed by atoms with Gasteiger partial charge in [-0.15, -0.1) is 0 Å². The molecule has 50 valence electrons. The molecule has 0 N–H and O–H groups in total. The van der Waals surface area contributed by atoms with Gasteiger partial charge >= 0.3 is 0 Å². The molecule has 0 spiro atoms. The second kappa shape index (κ2) is 3.49. The van der Waals surface area contributed by atoms with E-state index in [-0.39, 0.29) is 0 Å². The first kappa shape index (κ1) is 6.60. The minimum absolute atomic E-state index is 1.17. The average Bonchev–Trinajstić information content (AvgIpc) is 1.76. The third-order valence-electron chi connectivity index (χ3n) is 1.68. The van der Waals surface area contributed by atoms with Crippen molar-refractivity contribution in [3.05, 3.63) is 23.8 Å². The summed E-state index contributed by atoms with van der Waals surface area (Å²) in [5.41, 5.74) is 1.62. The van der Waals surface area contributed by atoms with E-state index in [1.54, 1.807) is 5.57 Å². The van der Waals surface area contributed by atoms with Crippen molar-refractivity contribution in [2.45, 2.75) is 32.6 Å². The van der Waals surface area contributed by atoms with Gasteiger partial charge in [0.1, 0.15) is 0 Å². The highest BCUT2D eigenvalue weighted by molar-refractivity contribution is 5.15. The molecule has 0 aromatic carbocycles. The molecule has 0 aromatic rings. The quantitative estimate of drug-likeness (QED) is 0.505. The number of hydrogen-bond donors (Lipinski definition) is 0. The molecule has 0 atom stereocenters. The fourth-order valence-electron chi connectivity index (χ4n) is 0.935. The molecule has 0 saturated heterocycles. The van der Waals surface area contributed by atoms with Crippen molar-refractivity contribution in [2.75, 3.05) is 0 Å². The van der Waals surface area contributed by atoms with Crippen LogP contribution in [0.15, 0.2) is 23.8 Å². The van der Waals surface area contributed by atoms with Crippen LogP contribution in [0.1, 0.15) is 32.6 Å². The van der Waals surface area contributed by atoms with Crippen molar-refractivity contribution >= 4 is 0 Å². The van der Waals surface area contributed by atoms with Gasteiger partial charge in [-0.3, -0.25) is 0 Å². The van der Waals surface area contributed by atoms with Crippen molar-refractivity contribution in [1.82, 2.24) is 0 Å². The van der Waals surface area contributed by atoms with Crippen LogP contribution in [0.5, 0.6) is 0 Å². The Morgan fingerprint density at radius 1 is 1.56 bits per heavy atom. The van der Waals surface area contributed by atoms with Crippen molar-refractivity contribution in [3.63, 3.8) is 0 Å². The Bertz CT molecular complexity index is 129. The zero-order chi connectivity index (χ0) is 6.53. The fourth-order valence-corrected chi connectivity index (χ4v) is 0.935. The molecule has 9 heavy (non-hydrogen) atoms. The van der Waals surface area contributed by atoms with Crippen molar-refractivity contribution in [1.29, 1.82) is 0 Å². The number of allylic oxidation sites excluding steroid dienone is 4. The zero-order valence-corrected chi connectivity index (χ0v) is 6.06. The molecule has 1 rings (SSSR count). The highest BCUT2D eigenvalue weighted by atomic mass is 14.1. The predicted molar refractivity (Wildman–Crippen MR) is 41.4 cm³/mol. The summed E-state index contributed by atoms with van der Waals surface area (Å²) in [5.74, 6) is 0. The van der Waals surface area contributed by atoms with E-state index in [1.165, 1.54) is 25.7 Å². The second-order valence-electron chi connectivity index (χ2n) is 2.48. The van der Waals surface area contributed by atoms with E-state index in [9.17, 15) is 0 Å². The summed E-state index contributed by atoms with van der Waals surface area (Å²) < 4.78 is 0. The SMILES string of the molecule is CCC=CCC1=CCC1. The molecule has 0 aromatic heterocycles. The van der Waals surface area contributed by atoms with Gasteiger partial charge in [0.15, 0.2) is 0 Å². The molecule has 0 amide bonds. The fraction of sp³-hybridized carbons (Fsp3) is 0.556. The summed E-state index contributed by atoms with van der Waals surface area (Å²) in [6.45, 7) is 2.17. The van der Waals surface area contributed by atoms with Gasteiger partial charge in [-0.1, -0.05) is 30.7 Å². The molecule has 0 aliphatic heterocycles. The molecule has 1 aliphatic carbocycles. The van der Waals surface area contributed by atoms with Crippen LogP contribution in [0.25, 0.3) is 0 Å². The van der Waals surface area contributed by atoms with E-state index in [0.29, 0.717) is 0 Å². The molecule has 0 heterocycles. The summed E-state index contributed by atoms with van der Waals surface area (Å²) in [4.78, 5) is 0. The van der Waals surface area contributed by atoms with Crippen molar-refractivity contribution < 1.29 is 0 Å². The number of rotatable bonds is 3. The van der Waals surface area contributed by atoms with Gasteiger partial charge in [-0.2, -0.15) is 0 Å². The largest absolute Gasteiger partial charge is 0.0885 e. The van der Waals surface area contributed by atoms with Gasteiger partial charge in [0, 0.05) is 0 Å². The van der Waals surface area contributed by atoms with E-state index in [4.69, 9.17) is 0 Å². The topological polar surface area (TPSA) is 0 Å². The van der Waals surface area contributed by atoms with Gasteiger partial charge in [-0.05, 0) is 25.7 Å². The van der Waals surface area contributed by atoms with Gasteiger partial charge in [0.05, 0.1) is 0 Å². The Kier molecular flexibility index (Phi) is 2.56. The average molecular weight is 122 g/mol. The lowest BCUT2D eigenvalue weighted by atomic mass is 9.96. The van der Waals surface area contributed by atoms with Crippen LogP contribution in [-0.4, -0.2) is 0 Å². The van der Waals surface area contributed by atoms with E-state index < -0.39 is 0 Å². The second-order valence-corrected chi connectivity index (χ2v) is 2.48. The standard InChI is InChI=1S/C9H14/c1-2-3-4-6-9-7-5-8-9/h3-4,7H,2,5-6,8H2,1H3. The van der Waals surface area contributed by atoms with Crippen LogP contribution in [0.3, 0.4) is 0 Å². The van der Waals surface area contributed by atoms with Crippen LogP contribution in [-0.2, 0) is 0 Å². The Hall–Kier alpha value is -0.520. The van der Waals surface area contributed by atoms with Crippen molar-refractivity contribution in [2.24, 2.45) is 0 Å². The molecule has 1 aliphatic rings. The highest BCUT2D eigenvalue weighted by Crippen LogP contribution is 2.21. The van der Waals surface area contributed by atoms with E-state index >= 15 is 0 Å². The molecule has 0 heteroatoms. The summed E-state index contributed by atoms with van der Waals surface area (Å²) >= 11 is 0. The van der Waals surface area contributed by atoms with Gasteiger partial charge in [0.25, 0.3) is 0 Å². The Morgan fingerprint density at radius 3 is 2.78 bits per heavy atom. The maximum absolute atomic E-state index is 2.33.